The first-order chi connectivity index (χ1) is 14.5. The van der Waals surface area contributed by atoms with Gasteiger partial charge in [0.05, 0.1) is 12.7 Å². The molecule has 1 aromatic heterocycles. The lowest BCUT2D eigenvalue weighted by Gasteiger charge is -2.36. The first kappa shape index (κ1) is 20.8. The second kappa shape index (κ2) is 9.12. The lowest BCUT2D eigenvalue weighted by molar-refractivity contribution is 0.0602. The van der Waals surface area contributed by atoms with Crippen LogP contribution in [0.5, 0.6) is 0 Å². The number of piperazine rings is 1. The van der Waals surface area contributed by atoms with Crippen LogP contribution in [0.3, 0.4) is 0 Å². The Morgan fingerprint density at radius 1 is 1.13 bits per heavy atom. The Bertz CT molecular complexity index is 1070. The van der Waals surface area contributed by atoms with Gasteiger partial charge < -0.3 is 15.0 Å². The molecule has 4 rings (SSSR count). The quantitative estimate of drug-likeness (QED) is 0.477. The molecule has 0 unspecified atom stereocenters. The summed E-state index contributed by atoms with van der Waals surface area (Å²) in [6.07, 6.45) is 0. The van der Waals surface area contributed by atoms with E-state index in [0.29, 0.717) is 10.7 Å². The minimum absolute atomic E-state index is 0.343. The number of ether oxygens (including phenoxy) is 1. The smallest absolute Gasteiger partial charge is 0.340 e. The first-order valence-electron chi connectivity index (χ1n) is 9.99. The summed E-state index contributed by atoms with van der Waals surface area (Å²) in [6.45, 7) is 6.50. The third-order valence-electron chi connectivity index (χ3n) is 5.41. The van der Waals surface area contributed by atoms with Gasteiger partial charge in [0, 0.05) is 37.6 Å². The van der Waals surface area contributed by atoms with E-state index in [1.807, 2.05) is 13.0 Å². The lowest BCUT2D eigenvalue weighted by Crippen LogP contribution is -2.49. The number of esters is 1. The molecule has 2 aromatic carbocycles. The summed E-state index contributed by atoms with van der Waals surface area (Å²) in [5, 5.41) is 7.28. The van der Waals surface area contributed by atoms with Crippen molar-refractivity contribution in [1.29, 1.82) is 0 Å². The lowest BCUT2D eigenvalue weighted by atomic mass is 10.0. The highest BCUT2D eigenvalue weighted by atomic mass is 32.1. The summed E-state index contributed by atoms with van der Waals surface area (Å²) < 4.78 is 4.88. The van der Waals surface area contributed by atoms with Gasteiger partial charge in [-0.05, 0) is 41.5 Å². The zero-order valence-corrected chi connectivity index (χ0v) is 18.8. The van der Waals surface area contributed by atoms with Gasteiger partial charge in [-0.2, -0.15) is 0 Å². The molecule has 1 aliphatic heterocycles. The van der Waals surface area contributed by atoms with E-state index in [1.165, 1.54) is 34.8 Å². The molecular formula is C23H25N3O2S2. The summed E-state index contributed by atoms with van der Waals surface area (Å²) in [5.41, 5.74) is 1.90. The summed E-state index contributed by atoms with van der Waals surface area (Å²) in [5.74, 6) is -0.343. The number of aryl methyl sites for hydroxylation is 1. The predicted molar refractivity (Wildman–Crippen MR) is 127 cm³/mol. The summed E-state index contributed by atoms with van der Waals surface area (Å²) in [7, 11) is 1.40. The number of carbonyl (C=O) groups is 1. The van der Waals surface area contributed by atoms with Crippen LogP contribution in [0, 0.1) is 6.92 Å². The van der Waals surface area contributed by atoms with Crippen LogP contribution >= 0.6 is 23.6 Å². The van der Waals surface area contributed by atoms with Crippen LogP contribution in [-0.4, -0.2) is 54.2 Å². The number of nitrogens with zero attached hydrogens (tertiary/aromatic N) is 2. The molecule has 156 valence electrons. The number of fused-ring (bicyclic) bond motifs is 1. The molecule has 3 aromatic rings. The minimum atomic E-state index is -0.343. The van der Waals surface area contributed by atoms with Crippen LogP contribution < -0.4 is 5.32 Å². The summed E-state index contributed by atoms with van der Waals surface area (Å²) >= 11 is 7.15. The Kier molecular flexibility index (Phi) is 6.32. The maximum atomic E-state index is 12.0. The number of hydrogen-bond acceptors (Lipinski definition) is 5. The molecule has 2 heterocycles. The van der Waals surface area contributed by atoms with E-state index in [4.69, 9.17) is 17.0 Å². The molecule has 0 bridgehead atoms. The predicted octanol–water partition coefficient (Wildman–Crippen LogP) is 4.51. The standard InChI is InChI=1S/C23H25N3O2S2/c1-16-14-20(22(27)28-2)21(30-16)24-23(29)26-12-10-25(11-13-26)15-18-8-5-7-17-6-3-4-9-19(17)18/h3-9,14H,10-13,15H2,1-2H3,(H,24,29). The fraction of sp³-hybridized carbons (Fsp3) is 0.304. The van der Waals surface area contributed by atoms with Gasteiger partial charge >= 0.3 is 5.97 Å². The van der Waals surface area contributed by atoms with Crippen molar-refractivity contribution in [1.82, 2.24) is 9.80 Å². The maximum absolute atomic E-state index is 12.0. The second-order valence-electron chi connectivity index (χ2n) is 7.42. The molecule has 0 spiro atoms. The summed E-state index contributed by atoms with van der Waals surface area (Å²) in [6, 6.07) is 16.9. The number of thiophene rings is 1. The average molecular weight is 440 g/mol. The molecule has 5 nitrogen and oxygen atoms in total. The molecule has 0 saturated carbocycles. The number of nitrogens with one attached hydrogen (secondary N) is 1. The van der Waals surface area contributed by atoms with Crippen LogP contribution in [0.4, 0.5) is 5.00 Å². The molecule has 0 aliphatic carbocycles. The zero-order valence-electron chi connectivity index (χ0n) is 17.2. The SMILES string of the molecule is COC(=O)c1cc(C)sc1NC(=S)N1CCN(Cc2cccc3ccccc23)CC1. The van der Waals surface area contributed by atoms with E-state index in [1.54, 1.807) is 0 Å². The van der Waals surface area contributed by atoms with Gasteiger partial charge in [-0.1, -0.05) is 42.5 Å². The van der Waals surface area contributed by atoms with Gasteiger partial charge in [-0.3, -0.25) is 4.90 Å². The fourth-order valence-corrected chi connectivity index (χ4v) is 5.07. The molecule has 1 fully saturated rings. The van der Waals surface area contributed by atoms with Crippen molar-refractivity contribution >= 4 is 50.4 Å². The average Bonchev–Trinajstić information content (AvgIpc) is 3.14. The Morgan fingerprint density at radius 2 is 1.87 bits per heavy atom. The molecule has 1 aliphatic rings. The van der Waals surface area contributed by atoms with Crippen molar-refractivity contribution in [3.8, 4) is 0 Å². The molecule has 30 heavy (non-hydrogen) atoms. The Labute approximate surface area is 186 Å². The number of anilines is 1. The highest BCUT2D eigenvalue weighted by molar-refractivity contribution is 7.80. The topological polar surface area (TPSA) is 44.8 Å². The van der Waals surface area contributed by atoms with Crippen molar-refractivity contribution in [3.63, 3.8) is 0 Å². The van der Waals surface area contributed by atoms with Crippen molar-refractivity contribution in [2.24, 2.45) is 0 Å². The Hall–Kier alpha value is -2.48. The van der Waals surface area contributed by atoms with Crippen LogP contribution in [0.25, 0.3) is 10.8 Å². The van der Waals surface area contributed by atoms with Crippen molar-refractivity contribution < 1.29 is 9.53 Å². The van der Waals surface area contributed by atoms with E-state index in [-0.39, 0.29) is 5.97 Å². The molecule has 0 atom stereocenters. The van der Waals surface area contributed by atoms with Crippen molar-refractivity contribution in [3.05, 3.63) is 64.5 Å². The number of benzene rings is 2. The molecule has 1 N–H and O–H groups in total. The van der Waals surface area contributed by atoms with Crippen LogP contribution in [0.2, 0.25) is 0 Å². The first-order valence-corrected chi connectivity index (χ1v) is 11.2. The third kappa shape index (κ3) is 4.48. The van der Waals surface area contributed by atoms with Crippen LogP contribution in [0.15, 0.2) is 48.5 Å². The van der Waals surface area contributed by atoms with E-state index >= 15 is 0 Å². The minimum Gasteiger partial charge on any atom is -0.465 e. The van der Waals surface area contributed by atoms with Gasteiger partial charge in [0.15, 0.2) is 5.11 Å². The number of carbonyl (C=O) groups excluding carboxylic acids is 1. The molecule has 0 radical (unpaired) electrons. The molecule has 1 saturated heterocycles. The molecule has 0 amide bonds. The number of rotatable bonds is 4. The van der Waals surface area contributed by atoms with E-state index < -0.39 is 0 Å². The van der Waals surface area contributed by atoms with Crippen LogP contribution in [0.1, 0.15) is 20.8 Å². The van der Waals surface area contributed by atoms with Gasteiger partial charge in [-0.25, -0.2) is 4.79 Å². The Balaban J connectivity index is 1.37. The normalized spacial score (nSPS) is 14.7. The fourth-order valence-electron chi connectivity index (χ4n) is 3.83. The van der Waals surface area contributed by atoms with E-state index in [2.05, 4.69) is 57.6 Å². The Morgan fingerprint density at radius 3 is 2.63 bits per heavy atom. The summed E-state index contributed by atoms with van der Waals surface area (Å²) in [4.78, 5) is 17.7. The maximum Gasteiger partial charge on any atom is 0.340 e. The van der Waals surface area contributed by atoms with Gasteiger partial charge in [0.1, 0.15) is 5.00 Å². The van der Waals surface area contributed by atoms with Crippen molar-refractivity contribution in [2.45, 2.75) is 13.5 Å². The van der Waals surface area contributed by atoms with Gasteiger partial charge in [0.2, 0.25) is 0 Å². The van der Waals surface area contributed by atoms with E-state index in [9.17, 15) is 4.79 Å². The largest absolute Gasteiger partial charge is 0.465 e. The number of methoxy groups -OCH3 is 1. The molecular weight excluding hydrogens is 414 g/mol. The zero-order chi connectivity index (χ0) is 21.1. The second-order valence-corrected chi connectivity index (χ2v) is 9.07. The third-order valence-corrected chi connectivity index (χ3v) is 6.74. The molecule has 7 heteroatoms. The monoisotopic (exact) mass is 439 g/mol. The number of thiocarbonyl (C=S) groups is 1. The van der Waals surface area contributed by atoms with E-state index in [0.717, 1.165) is 42.6 Å². The highest BCUT2D eigenvalue weighted by Gasteiger charge is 2.22. The number of hydrogen-bond donors (Lipinski definition) is 1. The highest BCUT2D eigenvalue weighted by Crippen LogP contribution is 2.28. The van der Waals surface area contributed by atoms with Gasteiger partial charge in [0.25, 0.3) is 0 Å². The van der Waals surface area contributed by atoms with Gasteiger partial charge in [-0.15, -0.1) is 11.3 Å². The van der Waals surface area contributed by atoms with Crippen LogP contribution in [-0.2, 0) is 11.3 Å². The van der Waals surface area contributed by atoms with Crippen molar-refractivity contribution in [2.75, 3.05) is 38.6 Å².